The summed E-state index contributed by atoms with van der Waals surface area (Å²) in [4.78, 5) is 11.3. The van der Waals surface area contributed by atoms with Crippen LogP contribution in [0.1, 0.15) is 33.6 Å². The topological polar surface area (TPSA) is 47.6 Å². The van der Waals surface area contributed by atoms with Gasteiger partial charge in [-0.25, -0.2) is 0 Å². The fourth-order valence-corrected chi connectivity index (χ4v) is 1.44. The second-order valence-electron chi connectivity index (χ2n) is 3.39. The zero-order valence-electron chi connectivity index (χ0n) is 10.5. The van der Waals surface area contributed by atoms with Gasteiger partial charge in [-0.05, 0) is 26.3 Å². The first kappa shape index (κ1) is 15.1. The first-order chi connectivity index (χ1) is 7.69. The molecule has 1 atom stereocenters. The molecule has 1 unspecified atom stereocenters. The third-order valence-corrected chi connectivity index (χ3v) is 2.10. The Morgan fingerprint density at radius 3 is 2.25 bits per heavy atom. The highest BCUT2D eigenvalue weighted by molar-refractivity contribution is 5.87. The van der Waals surface area contributed by atoms with Crippen LogP contribution in [0.4, 0.5) is 0 Å². The van der Waals surface area contributed by atoms with Gasteiger partial charge in [0.15, 0.2) is 6.29 Å². The van der Waals surface area contributed by atoms with E-state index in [4.69, 9.17) is 9.47 Å². The van der Waals surface area contributed by atoms with E-state index in [0.29, 0.717) is 13.2 Å². The van der Waals surface area contributed by atoms with Crippen LogP contribution in [0.3, 0.4) is 0 Å². The maximum atomic E-state index is 11.3. The van der Waals surface area contributed by atoms with Crippen molar-refractivity contribution in [3.63, 3.8) is 0 Å². The van der Waals surface area contributed by atoms with E-state index in [2.05, 4.69) is 18.8 Å². The van der Waals surface area contributed by atoms with Crippen LogP contribution in [-0.2, 0) is 14.3 Å². The summed E-state index contributed by atoms with van der Waals surface area (Å²) in [5.74, 6) is -0.192. The normalized spacial score (nSPS) is 12.5. The number of hydrogen-bond acceptors (Lipinski definition) is 3. The summed E-state index contributed by atoms with van der Waals surface area (Å²) in [5.41, 5.74) is 0. The lowest BCUT2D eigenvalue weighted by Gasteiger charge is -2.26. The summed E-state index contributed by atoms with van der Waals surface area (Å²) in [6, 6.07) is -0.115. The minimum atomic E-state index is -0.376. The summed E-state index contributed by atoms with van der Waals surface area (Å²) in [7, 11) is 0. The van der Waals surface area contributed by atoms with Gasteiger partial charge in [0.25, 0.3) is 0 Å². The molecule has 1 N–H and O–H groups in total. The number of carbonyl (C=O) groups excluding carboxylic acids is 1. The first-order valence-corrected chi connectivity index (χ1v) is 5.85. The molecule has 0 aliphatic carbocycles. The van der Waals surface area contributed by atoms with Crippen molar-refractivity contribution < 1.29 is 14.3 Å². The van der Waals surface area contributed by atoms with Crippen molar-refractivity contribution in [2.75, 3.05) is 13.2 Å². The summed E-state index contributed by atoms with van der Waals surface area (Å²) in [6.07, 6.45) is 2.67. The van der Waals surface area contributed by atoms with Gasteiger partial charge < -0.3 is 14.8 Å². The average Bonchev–Trinajstić information content (AvgIpc) is 2.28. The Bertz CT molecular complexity index is 200. The van der Waals surface area contributed by atoms with E-state index in [0.717, 1.165) is 12.8 Å². The van der Waals surface area contributed by atoms with Gasteiger partial charge in [-0.15, -0.1) is 0 Å². The lowest BCUT2D eigenvalue weighted by atomic mass is 10.1. The maximum absolute atomic E-state index is 11.3. The second kappa shape index (κ2) is 9.36. The fraction of sp³-hybridized carbons (Fsp3) is 0.750. The van der Waals surface area contributed by atoms with Crippen LogP contribution < -0.4 is 5.32 Å². The van der Waals surface area contributed by atoms with E-state index < -0.39 is 0 Å². The van der Waals surface area contributed by atoms with Crippen LogP contribution in [0, 0.1) is 0 Å². The number of nitrogens with one attached hydrogen (secondary N) is 1. The molecule has 0 saturated carbocycles. The molecule has 0 rings (SSSR count). The third-order valence-electron chi connectivity index (χ3n) is 2.10. The van der Waals surface area contributed by atoms with Gasteiger partial charge in [-0.1, -0.05) is 19.9 Å². The molecule has 1 amide bonds. The average molecular weight is 229 g/mol. The monoisotopic (exact) mass is 229 g/mol. The van der Waals surface area contributed by atoms with Crippen molar-refractivity contribution in [1.29, 1.82) is 0 Å². The molecular weight excluding hydrogens is 206 g/mol. The van der Waals surface area contributed by atoms with Gasteiger partial charge in [-0.2, -0.15) is 0 Å². The van der Waals surface area contributed by atoms with Crippen LogP contribution in [0.15, 0.2) is 12.7 Å². The van der Waals surface area contributed by atoms with E-state index >= 15 is 0 Å². The van der Waals surface area contributed by atoms with Crippen molar-refractivity contribution >= 4 is 5.91 Å². The van der Waals surface area contributed by atoms with Gasteiger partial charge in [0, 0.05) is 13.2 Å². The summed E-state index contributed by atoms with van der Waals surface area (Å²) in [6.45, 7) is 10.4. The van der Waals surface area contributed by atoms with Crippen LogP contribution in [-0.4, -0.2) is 31.5 Å². The molecule has 4 nitrogen and oxygen atoms in total. The molecule has 0 aliphatic rings. The standard InChI is InChI=1S/C12H23NO3/c1-5-9-10(13-11(14)6-2)12(15-7-3)16-8-4/h6,10,12H,2,5,7-9H2,1,3-4H3,(H,13,14). The molecule has 16 heavy (non-hydrogen) atoms. The quantitative estimate of drug-likeness (QED) is 0.485. The fourth-order valence-electron chi connectivity index (χ4n) is 1.44. The minimum Gasteiger partial charge on any atom is -0.351 e. The maximum Gasteiger partial charge on any atom is 0.243 e. The summed E-state index contributed by atoms with van der Waals surface area (Å²) < 4.78 is 10.9. The third kappa shape index (κ3) is 5.88. The first-order valence-electron chi connectivity index (χ1n) is 5.85. The van der Waals surface area contributed by atoms with Crippen molar-refractivity contribution in [2.24, 2.45) is 0 Å². The number of amides is 1. The van der Waals surface area contributed by atoms with Crippen LogP contribution in [0.5, 0.6) is 0 Å². The van der Waals surface area contributed by atoms with Crippen LogP contribution in [0.2, 0.25) is 0 Å². The van der Waals surface area contributed by atoms with Crippen LogP contribution >= 0.6 is 0 Å². The van der Waals surface area contributed by atoms with Gasteiger partial charge >= 0.3 is 0 Å². The molecule has 4 heteroatoms. The lowest BCUT2D eigenvalue weighted by Crippen LogP contribution is -2.45. The smallest absolute Gasteiger partial charge is 0.243 e. The molecule has 0 aromatic rings. The number of rotatable bonds is 9. The van der Waals surface area contributed by atoms with E-state index in [9.17, 15) is 4.79 Å². The van der Waals surface area contributed by atoms with Crippen molar-refractivity contribution in [3.05, 3.63) is 12.7 Å². The molecular formula is C12H23NO3. The Hall–Kier alpha value is -0.870. The number of hydrogen-bond donors (Lipinski definition) is 1. The Kier molecular flexibility index (Phi) is 8.85. The van der Waals surface area contributed by atoms with Crippen molar-refractivity contribution in [2.45, 2.75) is 45.9 Å². The Morgan fingerprint density at radius 1 is 1.31 bits per heavy atom. The molecule has 0 fully saturated rings. The molecule has 0 spiro atoms. The molecule has 0 aromatic carbocycles. The Balaban J connectivity index is 4.41. The number of carbonyl (C=O) groups is 1. The zero-order chi connectivity index (χ0) is 12.4. The molecule has 94 valence electrons. The van der Waals surface area contributed by atoms with Gasteiger partial charge in [0.05, 0.1) is 6.04 Å². The van der Waals surface area contributed by atoms with E-state index in [1.54, 1.807) is 0 Å². The van der Waals surface area contributed by atoms with Crippen molar-refractivity contribution in [3.8, 4) is 0 Å². The van der Waals surface area contributed by atoms with Gasteiger partial charge in [0.2, 0.25) is 5.91 Å². The predicted octanol–water partition coefficient (Wildman–Crippen LogP) is 1.86. The van der Waals surface area contributed by atoms with E-state index in [1.807, 2.05) is 13.8 Å². The highest BCUT2D eigenvalue weighted by Gasteiger charge is 2.22. The number of ether oxygens (including phenoxy) is 2. The van der Waals surface area contributed by atoms with E-state index in [-0.39, 0.29) is 18.2 Å². The molecule has 0 aromatic heterocycles. The van der Waals surface area contributed by atoms with E-state index in [1.165, 1.54) is 6.08 Å². The van der Waals surface area contributed by atoms with Gasteiger partial charge in [-0.3, -0.25) is 4.79 Å². The molecule has 0 bridgehead atoms. The largest absolute Gasteiger partial charge is 0.351 e. The zero-order valence-corrected chi connectivity index (χ0v) is 10.5. The predicted molar refractivity (Wildman–Crippen MR) is 64.1 cm³/mol. The summed E-state index contributed by atoms with van der Waals surface area (Å²) >= 11 is 0. The Morgan fingerprint density at radius 2 is 1.88 bits per heavy atom. The highest BCUT2D eigenvalue weighted by atomic mass is 16.7. The highest BCUT2D eigenvalue weighted by Crippen LogP contribution is 2.08. The molecule has 0 radical (unpaired) electrons. The molecule has 0 aliphatic heterocycles. The minimum absolute atomic E-state index is 0.115. The van der Waals surface area contributed by atoms with Crippen LogP contribution in [0.25, 0.3) is 0 Å². The van der Waals surface area contributed by atoms with Crippen molar-refractivity contribution in [1.82, 2.24) is 5.32 Å². The molecule has 0 heterocycles. The molecule has 0 saturated heterocycles. The summed E-state index contributed by atoms with van der Waals surface area (Å²) in [5, 5.41) is 2.83. The van der Waals surface area contributed by atoms with Gasteiger partial charge in [0.1, 0.15) is 0 Å². The lowest BCUT2D eigenvalue weighted by molar-refractivity contribution is -0.158. The second-order valence-corrected chi connectivity index (χ2v) is 3.39. The SMILES string of the molecule is C=CC(=O)NC(CCC)C(OCC)OCC. The Labute approximate surface area is 98.0 Å².